The van der Waals surface area contributed by atoms with Crippen molar-refractivity contribution in [1.29, 1.82) is 0 Å². The molecule has 0 aromatic carbocycles. The summed E-state index contributed by atoms with van der Waals surface area (Å²) in [6.45, 7) is 4.79. The van der Waals surface area contributed by atoms with E-state index in [-0.39, 0.29) is 25.4 Å². The summed E-state index contributed by atoms with van der Waals surface area (Å²) in [5, 5.41) is 0.354. The van der Waals surface area contributed by atoms with Crippen LogP contribution in [0.3, 0.4) is 0 Å². The highest BCUT2D eigenvalue weighted by atomic mass is 16.7. The largest absolute Gasteiger partial charge is 0.463 e. The fourth-order valence-electron chi connectivity index (χ4n) is 1.66. The minimum absolute atomic E-state index is 0.0457. The van der Waals surface area contributed by atoms with E-state index in [1.165, 1.54) is 0 Å². The van der Waals surface area contributed by atoms with Gasteiger partial charge in [-0.2, -0.15) is 0 Å². The Hall–Kier alpha value is -2.45. The zero-order valence-electron chi connectivity index (χ0n) is 13.2. The molecule has 1 heterocycles. The maximum atomic E-state index is 11.8. The Kier molecular flexibility index (Phi) is 6.67. The molecule has 1 atom stereocenters. The van der Waals surface area contributed by atoms with Crippen LogP contribution in [-0.4, -0.2) is 47.5 Å². The molecule has 0 aromatic heterocycles. The van der Waals surface area contributed by atoms with Crippen molar-refractivity contribution in [2.45, 2.75) is 46.1 Å². The number of esters is 2. The number of carbonyl (C=O) groups is 5. The number of hydroxylamine groups is 2. The van der Waals surface area contributed by atoms with Crippen LogP contribution in [0.25, 0.3) is 0 Å². The second-order valence-electron chi connectivity index (χ2n) is 5.37. The van der Waals surface area contributed by atoms with E-state index in [1.807, 2.05) is 13.8 Å². The lowest BCUT2D eigenvalue weighted by atomic mass is 10.2. The highest BCUT2D eigenvalue weighted by Crippen LogP contribution is 2.14. The molecule has 1 aliphatic heterocycles. The smallest absolute Gasteiger partial charge is 0.348 e. The van der Waals surface area contributed by atoms with Crippen molar-refractivity contribution in [3.8, 4) is 0 Å². The molecule has 1 saturated heterocycles. The molecule has 2 amide bonds. The molecule has 0 unspecified atom stereocenters. The number of hydrogen-bond donors (Lipinski definition) is 0. The predicted molar refractivity (Wildman–Crippen MR) is 73.1 cm³/mol. The summed E-state index contributed by atoms with van der Waals surface area (Å²) in [6, 6.07) is 0. The summed E-state index contributed by atoms with van der Waals surface area (Å²) >= 11 is 0. The quantitative estimate of drug-likeness (QED) is 0.477. The van der Waals surface area contributed by atoms with Gasteiger partial charge in [0.05, 0.1) is 13.0 Å². The first-order valence-corrected chi connectivity index (χ1v) is 7.11. The molecular formula is C14H19NO8. The molecule has 23 heavy (non-hydrogen) atoms. The van der Waals surface area contributed by atoms with Crippen LogP contribution in [0.1, 0.15) is 40.0 Å². The van der Waals surface area contributed by atoms with Crippen LogP contribution in [0, 0.1) is 5.92 Å². The van der Waals surface area contributed by atoms with Gasteiger partial charge in [-0.3, -0.25) is 14.4 Å². The fraction of sp³-hybridized carbons (Fsp3) is 0.643. The third-order valence-corrected chi connectivity index (χ3v) is 2.68. The molecule has 0 spiro atoms. The molecule has 0 bridgehead atoms. The summed E-state index contributed by atoms with van der Waals surface area (Å²) in [5.41, 5.74) is 0. The van der Waals surface area contributed by atoms with E-state index in [2.05, 4.69) is 4.84 Å². The monoisotopic (exact) mass is 329 g/mol. The van der Waals surface area contributed by atoms with Crippen LogP contribution >= 0.6 is 0 Å². The van der Waals surface area contributed by atoms with Crippen molar-refractivity contribution >= 4 is 29.7 Å². The topological polar surface area (TPSA) is 116 Å². The average Bonchev–Trinajstić information content (AvgIpc) is 2.75. The second kappa shape index (κ2) is 8.25. The van der Waals surface area contributed by atoms with Crippen molar-refractivity contribution in [3.05, 3.63) is 0 Å². The fourth-order valence-corrected chi connectivity index (χ4v) is 1.66. The molecular weight excluding hydrogens is 310 g/mol. The molecule has 9 nitrogen and oxygen atoms in total. The molecule has 1 aliphatic rings. The Morgan fingerprint density at radius 3 is 2.17 bits per heavy atom. The minimum atomic E-state index is -1.49. The van der Waals surface area contributed by atoms with E-state index in [4.69, 9.17) is 9.47 Å². The lowest BCUT2D eigenvalue weighted by Crippen LogP contribution is -2.36. The zero-order valence-corrected chi connectivity index (χ0v) is 13.2. The van der Waals surface area contributed by atoms with Crippen LogP contribution in [-0.2, 0) is 38.3 Å². The Morgan fingerprint density at radius 2 is 1.70 bits per heavy atom. The average molecular weight is 329 g/mol. The summed E-state index contributed by atoms with van der Waals surface area (Å²) < 4.78 is 9.64. The number of amides is 2. The van der Waals surface area contributed by atoms with Gasteiger partial charge in [-0.25, -0.2) is 9.59 Å². The molecule has 0 aromatic rings. The lowest BCUT2D eigenvalue weighted by molar-refractivity contribution is -0.200. The van der Waals surface area contributed by atoms with E-state index in [9.17, 15) is 24.0 Å². The van der Waals surface area contributed by atoms with Crippen molar-refractivity contribution < 1.29 is 38.3 Å². The summed E-state index contributed by atoms with van der Waals surface area (Å²) in [6.07, 6.45) is -2.24. The van der Waals surface area contributed by atoms with Crippen molar-refractivity contribution in [3.63, 3.8) is 0 Å². The van der Waals surface area contributed by atoms with Crippen LogP contribution in [0.4, 0.5) is 0 Å². The van der Waals surface area contributed by atoms with Gasteiger partial charge in [0.25, 0.3) is 11.8 Å². The third-order valence-electron chi connectivity index (χ3n) is 2.68. The molecule has 1 fully saturated rings. The number of hydrogen-bond acceptors (Lipinski definition) is 8. The Bertz CT molecular complexity index is 497. The van der Waals surface area contributed by atoms with Gasteiger partial charge >= 0.3 is 17.9 Å². The minimum Gasteiger partial charge on any atom is -0.463 e. The molecule has 0 radical (unpaired) electrons. The van der Waals surface area contributed by atoms with Crippen LogP contribution in [0.2, 0.25) is 0 Å². The zero-order chi connectivity index (χ0) is 17.6. The van der Waals surface area contributed by atoms with Crippen molar-refractivity contribution in [1.82, 2.24) is 5.06 Å². The maximum Gasteiger partial charge on any atom is 0.348 e. The summed E-state index contributed by atoms with van der Waals surface area (Å²) in [5.74, 6) is -3.96. The molecule has 9 heteroatoms. The highest BCUT2D eigenvalue weighted by molar-refractivity contribution is 6.01. The van der Waals surface area contributed by atoms with Crippen LogP contribution in [0.5, 0.6) is 0 Å². The number of imide groups is 1. The third kappa shape index (κ3) is 6.05. The first kappa shape index (κ1) is 18.6. The predicted octanol–water partition coefficient (Wildman–Crippen LogP) is 0.115. The number of ether oxygens (including phenoxy) is 2. The Balaban J connectivity index is 2.63. The van der Waals surface area contributed by atoms with Crippen molar-refractivity contribution in [2.75, 3.05) is 6.61 Å². The van der Waals surface area contributed by atoms with Gasteiger partial charge in [-0.15, -0.1) is 5.06 Å². The molecule has 0 saturated carbocycles. The van der Waals surface area contributed by atoms with Gasteiger partial charge in [-0.1, -0.05) is 13.8 Å². The van der Waals surface area contributed by atoms with Gasteiger partial charge in [0.1, 0.15) is 0 Å². The maximum absolute atomic E-state index is 11.8. The molecule has 1 rings (SSSR count). The lowest BCUT2D eigenvalue weighted by Gasteiger charge is -2.17. The molecule has 0 N–H and O–H groups in total. The Labute approximate surface area is 132 Å². The summed E-state index contributed by atoms with van der Waals surface area (Å²) in [4.78, 5) is 61.9. The van der Waals surface area contributed by atoms with Gasteiger partial charge in [0, 0.05) is 19.8 Å². The number of carbonyl (C=O) groups excluding carboxylic acids is 5. The van der Waals surface area contributed by atoms with Crippen LogP contribution < -0.4 is 0 Å². The van der Waals surface area contributed by atoms with E-state index in [1.54, 1.807) is 0 Å². The first-order chi connectivity index (χ1) is 10.7. The normalized spacial score (nSPS) is 15.6. The first-order valence-electron chi connectivity index (χ1n) is 7.11. The van der Waals surface area contributed by atoms with E-state index >= 15 is 0 Å². The van der Waals surface area contributed by atoms with Gasteiger partial charge in [0.2, 0.25) is 6.10 Å². The molecule has 128 valence electrons. The van der Waals surface area contributed by atoms with Gasteiger partial charge in [0.15, 0.2) is 0 Å². The SMILES string of the molecule is CC(=O)O[C@@H](CC(=O)ON1C(=O)CCC1=O)C(=O)OCC(C)C. The van der Waals surface area contributed by atoms with Gasteiger partial charge in [-0.05, 0) is 5.92 Å². The van der Waals surface area contributed by atoms with E-state index in [0.29, 0.717) is 5.06 Å². The Morgan fingerprint density at radius 1 is 1.13 bits per heavy atom. The van der Waals surface area contributed by atoms with E-state index < -0.39 is 42.2 Å². The van der Waals surface area contributed by atoms with Crippen molar-refractivity contribution in [2.24, 2.45) is 5.92 Å². The number of nitrogens with zero attached hydrogens (tertiary/aromatic N) is 1. The highest BCUT2D eigenvalue weighted by Gasteiger charge is 2.35. The number of rotatable bonds is 7. The van der Waals surface area contributed by atoms with Gasteiger partial charge < -0.3 is 14.3 Å². The standard InChI is InChI=1S/C14H19NO8/c1-8(2)7-21-14(20)10(22-9(3)16)6-13(19)23-15-11(17)4-5-12(15)18/h8,10H,4-7H2,1-3H3/t10-/m0/s1. The van der Waals surface area contributed by atoms with E-state index in [0.717, 1.165) is 6.92 Å². The molecule has 0 aliphatic carbocycles. The summed E-state index contributed by atoms with van der Waals surface area (Å²) in [7, 11) is 0. The van der Waals surface area contributed by atoms with Crippen LogP contribution in [0.15, 0.2) is 0 Å². The second-order valence-corrected chi connectivity index (χ2v) is 5.37.